The van der Waals surface area contributed by atoms with Crippen LogP contribution >= 0.6 is 0 Å². The molecular weight excluding hydrogens is 494 g/mol. The number of amides is 2. The minimum absolute atomic E-state index is 0.0973. The van der Waals surface area contributed by atoms with E-state index in [9.17, 15) is 19.5 Å². The number of likely N-dealkylation sites (tertiary alicyclic amines) is 1. The van der Waals surface area contributed by atoms with Gasteiger partial charge in [0.1, 0.15) is 11.9 Å². The van der Waals surface area contributed by atoms with Crippen LogP contribution < -0.4 is 16.0 Å². The second-order valence-electron chi connectivity index (χ2n) is 12.3. The molecule has 4 N–H and O–H groups in total. The molecule has 2 amide bonds. The number of carbonyl (C=O) groups excluding carboxylic acids is 2. The van der Waals surface area contributed by atoms with Gasteiger partial charge in [0.25, 0.3) is 0 Å². The smallest absolute Gasteiger partial charge is 0.326 e. The fraction of sp³-hybridized carbons (Fsp3) is 0.733. The van der Waals surface area contributed by atoms with Gasteiger partial charge in [0.15, 0.2) is 0 Å². The summed E-state index contributed by atoms with van der Waals surface area (Å²) in [7, 11) is 0. The fourth-order valence-electron chi connectivity index (χ4n) is 7.04. The number of nitrogens with zero attached hydrogens (tertiary/aromatic N) is 2. The van der Waals surface area contributed by atoms with Gasteiger partial charge in [0.05, 0.1) is 0 Å². The Kier molecular flexibility index (Phi) is 9.05. The average Bonchev–Trinajstić information content (AvgIpc) is 3.40. The molecule has 0 radical (unpaired) electrons. The Hall–Kier alpha value is -2.68. The Labute approximate surface area is 231 Å². The number of hydrogen-bond acceptors (Lipinski definition) is 6. The summed E-state index contributed by atoms with van der Waals surface area (Å²) in [6.07, 6.45) is 12.3. The first kappa shape index (κ1) is 27.9. The van der Waals surface area contributed by atoms with Gasteiger partial charge in [0, 0.05) is 43.2 Å². The van der Waals surface area contributed by atoms with Gasteiger partial charge in [-0.3, -0.25) is 9.59 Å². The van der Waals surface area contributed by atoms with Crippen molar-refractivity contribution in [1.82, 2.24) is 20.5 Å². The number of carboxylic acids is 1. The molecule has 9 heteroatoms. The SMILES string of the molecule is O=C(CC[C@H](NC(=O)C12CCC(CC1)CC2)C(=O)O)N[C@H]1CCN(CCCCc2ccc3c(n2)NCCC3)C1. The Bertz CT molecular complexity index is 1020. The predicted molar refractivity (Wildman–Crippen MR) is 149 cm³/mol. The van der Waals surface area contributed by atoms with Crippen molar-refractivity contribution >= 4 is 23.6 Å². The topological polar surface area (TPSA) is 124 Å². The third-order valence-electron chi connectivity index (χ3n) is 9.59. The lowest BCUT2D eigenvalue weighted by molar-refractivity contribution is -0.146. The molecule has 39 heavy (non-hydrogen) atoms. The molecule has 0 unspecified atom stereocenters. The molecule has 2 atom stereocenters. The molecule has 1 aromatic rings. The molecule has 0 spiro atoms. The van der Waals surface area contributed by atoms with Gasteiger partial charge in [-0.25, -0.2) is 9.78 Å². The molecule has 5 aliphatic rings. The zero-order valence-corrected chi connectivity index (χ0v) is 23.2. The number of aliphatic carboxylic acids is 1. The lowest BCUT2D eigenvalue weighted by atomic mass is 9.60. The number of rotatable bonds is 12. The highest BCUT2D eigenvalue weighted by molar-refractivity contribution is 5.88. The molecule has 1 aromatic heterocycles. The van der Waals surface area contributed by atoms with Crippen LogP contribution in [0.1, 0.15) is 88.3 Å². The van der Waals surface area contributed by atoms with E-state index in [0.29, 0.717) is 0 Å². The molecule has 214 valence electrons. The number of aromatic nitrogens is 1. The standard InChI is InChI=1S/C30H45N5O4/c36-26(9-8-25(28(37)38)34-29(39)30-14-10-21(11-15-30)12-16-30)32-24-13-19-35(20-24)18-2-1-5-23-7-6-22-4-3-17-31-27(22)33-23/h6-7,21,24-25H,1-5,8-20H2,(H,31,33)(H,32,36)(H,34,39)(H,37,38)/t21?,24-,25-,30?/m0/s1. The van der Waals surface area contributed by atoms with Crippen LogP contribution in [0.2, 0.25) is 0 Å². The van der Waals surface area contributed by atoms with Crippen molar-refractivity contribution < 1.29 is 19.5 Å². The number of carboxylic acid groups (broad SMARTS) is 1. The molecule has 4 fully saturated rings. The fourth-order valence-corrected chi connectivity index (χ4v) is 7.04. The highest BCUT2D eigenvalue weighted by Crippen LogP contribution is 2.50. The molecule has 3 aliphatic carbocycles. The van der Waals surface area contributed by atoms with Crippen molar-refractivity contribution in [2.24, 2.45) is 11.3 Å². The number of aryl methyl sites for hydroxylation is 2. The minimum atomic E-state index is -1.06. The Morgan fingerprint density at radius 3 is 2.69 bits per heavy atom. The summed E-state index contributed by atoms with van der Waals surface area (Å²) in [5, 5.41) is 19.0. The number of nitrogens with one attached hydrogen (secondary N) is 3. The molecule has 9 nitrogen and oxygen atoms in total. The van der Waals surface area contributed by atoms with Crippen LogP contribution in [0.15, 0.2) is 12.1 Å². The summed E-state index contributed by atoms with van der Waals surface area (Å²) in [5.41, 5.74) is 2.08. The lowest BCUT2D eigenvalue weighted by Gasteiger charge is -2.45. The van der Waals surface area contributed by atoms with E-state index in [2.05, 4.69) is 33.0 Å². The van der Waals surface area contributed by atoms with E-state index < -0.39 is 17.4 Å². The Balaban J connectivity index is 0.980. The zero-order chi connectivity index (χ0) is 27.2. The van der Waals surface area contributed by atoms with Crippen LogP contribution in [0.25, 0.3) is 0 Å². The van der Waals surface area contributed by atoms with Gasteiger partial charge in [-0.2, -0.15) is 0 Å². The molecule has 6 rings (SSSR count). The third-order valence-corrected chi connectivity index (χ3v) is 9.59. The van der Waals surface area contributed by atoms with Crippen molar-refractivity contribution in [3.8, 4) is 0 Å². The number of fused-ring (bicyclic) bond motifs is 4. The normalized spacial score (nSPS) is 26.9. The number of pyridine rings is 1. The third kappa shape index (κ3) is 7.10. The highest BCUT2D eigenvalue weighted by Gasteiger charge is 2.46. The second-order valence-corrected chi connectivity index (χ2v) is 12.3. The monoisotopic (exact) mass is 539 g/mol. The van der Waals surface area contributed by atoms with Crippen LogP contribution in [0.4, 0.5) is 5.82 Å². The van der Waals surface area contributed by atoms with Gasteiger partial charge >= 0.3 is 5.97 Å². The molecule has 2 aliphatic heterocycles. The summed E-state index contributed by atoms with van der Waals surface area (Å²) in [6.45, 7) is 3.80. The van der Waals surface area contributed by atoms with Gasteiger partial charge < -0.3 is 26.0 Å². The van der Waals surface area contributed by atoms with Crippen molar-refractivity contribution in [3.05, 3.63) is 23.4 Å². The molecular formula is C30H45N5O4. The average molecular weight is 540 g/mol. The van der Waals surface area contributed by atoms with Crippen LogP contribution in [-0.4, -0.2) is 71.0 Å². The van der Waals surface area contributed by atoms with Crippen LogP contribution in [0.3, 0.4) is 0 Å². The van der Waals surface area contributed by atoms with Gasteiger partial charge in [-0.05, 0) is 108 Å². The number of unbranched alkanes of at least 4 members (excludes halogenated alkanes) is 1. The van der Waals surface area contributed by atoms with Crippen molar-refractivity contribution in [2.45, 2.75) is 102 Å². The van der Waals surface area contributed by atoms with E-state index in [1.54, 1.807) is 0 Å². The van der Waals surface area contributed by atoms with Gasteiger partial charge in [-0.15, -0.1) is 0 Å². The number of hydrogen-bond donors (Lipinski definition) is 4. The summed E-state index contributed by atoms with van der Waals surface area (Å²) in [6, 6.07) is 3.45. The van der Waals surface area contributed by atoms with Gasteiger partial charge in [-0.1, -0.05) is 6.07 Å². The summed E-state index contributed by atoms with van der Waals surface area (Å²) >= 11 is 0. The summed E-state index contributed by atoms with van der Waals surface area (Å²) < 4.78 is 0. The first-order valence-corrected chi connectivity index (χ1v) is 15.2. The molecule has 2 bridgehead atoms. The molecule has 3 heterocycles. The maximum absolute atomic E-state index is 13.0. The van der Waals surface area contributed by atoms with Crippen molar-refractivity contribution in [3.63, 3.8) is 0 Å². The molecule has 3 saturated carbocycles. The molecule has 1 saturated heterocycles. The first-order chi connectivity index (χ1) is 18.9. The summed E-state index contributed by atoms with van der Waals surface area (Å²) in [5.74, 6) is 0.472. The van der Waals surface area contributed by atoms with Crippen LogP contribution in [0.5, 0.6) is 0 Å². The van der Waals surface area contributed by atoms with Crippen LogP contribution in [0, 0.1) is 11.3 Å². The number of carbonyl (C=O) groups is 3. The zero-order valence-electron chi connectivity index (χ0n) is 23.2. The predicted octanol–water partition coefficient (Wildman–Crippen LogP) is 3.27. The first-order valence-electron chi connectivity index (χ1n) is 15.2. The summed E-state index contributed by atoms with van der Waals surface area (Å²) in [4.78, 5) is 44.6. The minimum Gasteiger partial charge on any atom is -0.480 e. The van der Waals surface area contributed by atoms with E-state index in [4.69, 9.17) is 4.98 Å². The highest BCUT2D eigenvalue weighted by atomic mass is 16.4. The van der Waals surface area contributed by atoms with E-state index in [1.165, 1.54) is 12.0 Å². The van der Waals surface area contributed by atoms with E-state index >= 15 is 0 Å². The van der Waals surface area contributed by atoms with Crippen molar-refractivity contribution in [2.75, 3.05) is 31.5 Å². The second kappa shape index (κ2) is 12.7. The van der Waals surface area contributed by atoms with Gasteiger partial charge in [0.2, 0.25) is 11.8 Å². The van der Waals surface area contributed by atoms with Crippen molar-refractivity contribution in [1.29, 1.82) is 0 Å². The Morgan fingerprint density at radius 2 is 1.92 bits per heavy atom. The largest absolute Gasteiger partial charge is 0.480 e. The maximum atomic E-state index is 13.0. The quantitative estimate of drug-likeness (QED) is 0.301. The van der Waals surface area contributed by atoms with Crippen LogP contribution in [-0.2, 0) is 27.2 Å². The maximum Gasteiger partial charge on any atom is 0.326 e. The van der Waals surface area contributed by atoms with E-state index in [0.717, 1.165) is 114 Å². The lowest BCUT2D eigenvalue weighted by Crippen LogP contribution is -2.52. The van der Waals surface area contributed by atoms with E-state index in [-0.39, 0.29) is 30.7 Å². The molecule has 0 aromatic carbocycles. The number of anilines is 1. The van der Waals surface area contributed by atoms with E-state index in [1.807, 2.05) is 0 Å². The Morgan fingerprint density at radius 1 is 1.13 bits per heavy atom.